The Hall–Kier alpha value is -3.21. The monoisotopic (exact) mass is 349 g/mol. The molecule has 0 bridgehead atoms. The average Bonchev–Trinajstić information content (AvgIpc) is 3.05. The van der Waals surface area contributed by atoms with Gasteiger partial charge in [-0.3, -0.25) is 9.59 Å². The molecule has 1 heterocycles. The minimum Gasteiger partial charge on any atom is -0.426 e. The highest BCUT2D eigenvalue weighted by Crippen LogP contribution is 2.32. The van der Waals surface area contributed by atoms with Gasteiger partial charge in [0.15, 0.2) is 0 Å². The van der Waals surface area contributed by atoms with Crippen LogP contribution in [-0.4, -0.2) is 18.4 Å². The van der Waals surface area contributed by atoms with E-state index in [9.17, 15) is 14.0 Å². The van der Waals surface area contributed by atoms with Crippen molar-refractivity contribution < 1.29 is 18.7 Å². The van der Waals surface area contributed by atoms with Crippen LogP contribution in [0.15, 0.2) is 66.7 Å². The molecule has 0 saturated carbocycles. The van der Waals surface area contributed by atoms with Crippen LogP contribution in [0, 0.1) is 11.7 Å². The Kier molecular flexibility index (Phi) is 4.13. The number of hydrogen-bond donors (Lipinski definition) is 0. The Morgan fingerprint density at radius 2 is 1.73 bits per heavy atom. The first-order valence-corrected chi connectivity index (χ1v) is 8.37. The lowest BCUT2D eigenvalue weighted by atomic mass is 10.1. The maximum Gasteiger partial charge on any atom is 0.316 e. The summed E-state index contributed by atoms with van der Waals surface area (Å²) in [5.41, 5.74) is 0.796. The highest BCUT2D eigenvalue weighted by Gasteiger charge is 2.36. The first-order chi connectivity index (χ1) is 12.6. The lowest BCUT2D eigenvalue weighted by Crippen LogP contribution is -2.27. The predicted molar refractivity (Wildman–Crippen MR) is 96.4 cm³/mol. The molecule has 0 spiro atoms. The second-order valence-corrected chi connectivity index (χ2v) is 6.28. The molecule has 26 heavy (non-hydrogen) atoms. The number of carbonyl (C=O) groups excluding carboxylic acids is 2. The molecular formula is C21H16FNO3. The van der Waals surface area contributed by atoms with Crippen molar-refractivity contribution in [1.82, 2.24) is 0 Å². The molecule has 1 fully saturated rings. The van der Waals surface area contributed by atoms with Crippen molar-refractivity contribution in [2.24, 2.45) is 5.92 Å². The summed E-state index contributed by atoms with van der Waals surface area (Å²) in [4.78, 5) is 26.5. The molecule has 1 aliphatic heterocycles. The highest BCUT2D eigenvalue weighted by atomic mass is 19.1. The molecule has 0 N–H and O–H groups in total. The summed E-state index contributed by atoms with van der Waals surface area (Å²) in [7, 11) is 0. The van der Waals surface area contributed by atoms with Gasteiger partial charge in [0, 0.05) is 18.4 Å². The van der Waals surface area contributed by atoms with Gasteiger partial charge in [-0.2, -0.15) is 0 Å². The molecule has 0 aliphatic carbocycles. The number of benzene rings is 3. The van der Waals surface area contributed by atoms with Gasteiger partial charge >= 0.3 is 5.97 Å². The van der Waals surface area contributed by atoms with Crippen molar-refractivity contribution >= 4 is 28.3 Å². The first kappa shape index (κ1) is 16.3. The van der Waals surface area contributed by atoms with E-state index >= 15 is 0 Å². The molecule has 3 aromatic rings. The van der Waals surface area contributed by atoms with Gasteiger partial charge in [0.25, 0.3) is 0 Å². The normalized spacial score (nSPS) is 16.9. The van der Waals surface area contributed by atoms with E-state index in [0.29, 0.717) is 0 Å². The summed E-state index contributed by atoms with van der Waals surface area (Å²) in [6.45, 7) is 0.271. The Morgan fingerprint density at radius 1 is 1.00 bits per heavy atom. The Morgan fingerprint density at radius 3 is 2.54 bits per heavy atom. The molecule has 130 valence electrons. The van der Waals surface area contributed by atoms with Crippen LogP contribution < -0.4 is 9.64 Å². The summed E-state index contributed by atoms with van der Waals surface area (Å²) in [5.74, 6) is -1.27. The fraction of sp³-hybridized carbons (Fsp3) is 0.143. The smallest absolute Gasteiger partial charge is 0.316 e. The molecule has 0 aromatic heterocycles. The maximum absolute atomic E-state index is 13.0. The molecule has 1 atom stereocenters. The van der Waals surface area contributed by atoms with Crippen molar-refractivity contribution in [3.05, 3.63) is 72.5 Å². The van der Waals surface area contributed by atoms with Crippen LogP contribution in [0.5, 0.6) is 5.75 Å². The van der Waals surface area contributed by atoms with Gasteiger partial charge < -0.3 is 9.64 Å². The highest BCUT2D eigenvalue weighted by molar-refractivity contribution is 6.06. The van der Waals surface area contributed by atoms with E-state index in [4.69, 9.17) is 4.74 Å². The van der Waals surface area contributed by atoms with Gasteiger partial charge in [-0.05, 0) is 35.7 Å². The van der Waals surface area contributed by atoms with Crippen LogP contribution in [0.4, 0.5) is 10.1 Å². The number of rotatable bonds is 3. The third-order valence-corrected chi connectivity index (χ3v) is 4.55. The van der Waals surface area contributed by atoms with Gasteiger partial charge in [0.2, 0.25) is 5.91 Å². The first-order valence-electron chi connectivity index (χ1n) is 8.37. The Labute approximate surface area is 149 Å². The number of hydrogen-bond acceptors (Lipinski definition) is 3. The zero-order chi connectivity index (χ0) is 18.1. The SMILES string of the molecule is O=C(Oc1ccc(F)cc1)[C@H]1CC(=O)N(c2cccc3ccccc23)C1. The largest absolute Gasteiger partial charge is 0.426 e. The number of esters is 1. The van der Waals surface area contributed by atoms with Crippen LogP contribution in [0.2, 0.25) is 0 Å². The topological polar surface area (TPSA) is 46.6 Å². The molecule has 1 aliphatic rings. The standard InChI is InChI=1S/C21H16FNO3/c22-16-8-10-17(11-9-16)26-21(25)15-12-20(24)23(13-15)19-7-3-5-14-4-1-2-6-18(14)19/h1-11,15H,12-13H2/t15-/m0/s1. The van der Waals surface area contributed by atoms with Crippen molar-refractivity contribution in [1.29, 1.82) is 0 Å². The molecule has 5 heteroatoms. The van der Waals surface area contributed by atoms with Crippen molar-refractivity contribution in [3.8, 4) is 5.75 Å². The number of ether oxygens (including phenoxy) is 1. The molecule has 1 amide bonds. The van der Waals surface area contributed by atoms with Crippen LogP contribution in [-0.2, 0) is 9.59 Å². The summed E-state index contributed by atoms with van der Waals surface area (Å²) in [6, 6.07) is 18.8. The van der Waals surface area contributed by atoms with E-state index in [1.807, 2.05) is 42.5 Å². The second kappa shape index (κ2) is 6.59. The molecule has 4 rings (SSSR count). The summed E-state index contributed by atoms with van der Waals surface area (Å²) in [5, 5.41) is 2.01. The number of anilines is 1. The summed E-state index contributed by atoms with van der Waals surface area (Å²) < 4.78 is 18.2. The maximum atomic E-state index is 13.0. The Balaban J connectivity index is 1.55. The van der Waals surface area contributed by atoms with E-state index in [0.717, 1.165) is 16.5 Å². The van der Waals surface area contributed by atoms with Crippen LogP contribution >= 0.6 is 0 Å². The molecule has 4 nitrogen and oxygen atoms in total. The molecular weight excluding hydrogens is 333 g/mol. The lowest BCUT2D eigenvalue weighted by molar-refractivity contribution is -0.139. The number of nitrogens with zero attached hydrogens (tertiary/aromatic N) is 1. The summed E-state index contributed by atoms with van der Waals surface area (Å²) >= 11 is 0. The van der Waals surface area contributed by atoms with E-state index < -0.39 is 17.7 Å². The molecule has 0 radical (unpaired) electrons. The van der Waals surface area contributed by atoms with Gasteiger partial charge in [-0.1, -0.05) is 36.4 Å². The van der Waals surface area contributed by atoms with E-state index in [2.05, 4.69) is 0 Å². The predicted octanol–water partition coefficient (Wildman–Crippen LogP) is 3.94. The average molecular weight is 349 g/mol. The third-order valence-electron chi connectivity index (χ3n) is 4.55. The van der Waals surface area contributed by atoms with Gasteiger partial charge in [0.05, 0.1) is 11.6 Å². The van der Waals surface area contributed by atoms with Gasteiger partial charge in [-0.25, -0.2) is 4.39 Å². The van der Waals surface area contributed by atoms with Gasteiger partial charge in [-0.15, -0.1) is 0 Å². The van der Waals surface area contributed by atoms with E-state index in [-0.39, 0.29) is 24.6 Å². The van der Waals surface area contributed by atoms with Crippen molar-refractivity contribution in [2.45, 2.75) is 6.42 Å². The minimum atomic E-state index is -0.550. The fourth-order valence-corrected chi connectivity index (χ4v) is 3.24. The zero-order valence-electron chi connectivity index (χ0n) is 13.9. The van der Waals surface area contributed by atoms with Crippen molar-refractivity contribution in [2.75, 3.05) is 11.4 Å². The Bertz CT molecular complexity index is 979. The lowest BCUT2D eigenvalue weighted by Gasteiger charge is -2.18. The number of carbonyl (C=O) groups is 2. The van der Waals surface area contributed by atoms with E-state index in [1.165, 1.54) is 24.3 Å². The minimum absolute atomic E-state index is 0.100. The van der Waals surface area contributed by atoms with Crippen LogP contribution in [0.1, 0.15) is 6.42 Å². The zero-order valence-corrected chi connectivity index (χ0v) is 13.9. The third kappa shape index (κ3) is 3.04. The number of fused-ring (bicyclic) bond motifs is 1. The quantitative estimate of drug-likeness (QED) is 0.532. The molecule has 0 unspecified atom stereocenters. The van der Waals surface area contributed by atoms with Crippen molar-refractivity contribution in [3.63, 3.8) is 0 Å². The second-order valence-electron chi connectivity index (χ2n) is 6.28. The number of halogens is 1. The molecule has 1 saturated heterocycles. The van der Waals surface area contributed by atoms with Crippen LogP contribution in [0.3, 0.4) is 0 Å². The van der Waals surface area contributed by atoms with E-state index in [1.54, 1.807) is 4.90 Å². The number of amides is 1. The van der Waals surface area contributed by atoms with Gasteiger partial charge in [0.1, 0.15) is 11.6 Å². The van der Waals surface area contributed by atoms with Crippen LogP contribution in [0.25, 0.3) is 10.8 Å². The molecule has 3 aromatic carbocycles. The summed E-state index contributed by atoms with van der Waals surface area (Å²) in [6.07, 6.45) is 0.100. The fourth-order valence-electron chi connectivity index (χ4n) is 3.24.